The zero-order chi connectivity index (χ0) is 9.19. The van der Waals surface area contributed by atoms with Crippen LogP contribution in [0.15, 0.2) is 0 Å². The predicted molar refractivity (Wildman–Crippen MR) is 55.5 cm³/mol. The average molecular weight is 172 g/mol. The highest BCUT2D eigenvalue weighted by atomic mass is 15.1. The number of nitrogens with zero attached hydrogens (tertiary/aromatic N) is 1. The molecule has 1 unspecified atom stereocenters. The highest BCUT2D eigenvalue weighted by molar-refractivity contribution is 4.90. The van der Waals surface area contributed by atoms with Crippen LogP contribution >= 0.6 is 0 Å². The van der Waals surface area contributed by atoms with E-state index >= 15 is 0 Å². The molecule has 0 saturated carbocycles. The van der Waals surface area contributed by atoms with Crippen LogP contribution in [-0.2, 0) is 0 Å². The third-order valence-corrected chi connectivity index (χ3v) is 3.04. The monoisotopic (exact) mass is 172 g/mol. The summed E-state index contributed by atoms with van der Waals surface area (Å²) in [5.74, 6) is 0.822. The molecule has 1 N–H and O–H groups in total. The van der Waals surface area contributed by atoms with Crippen LogP contribution in [-0.4, -0.2) is 37.1 Å². The number of rotatable bonds is 3. The fraction of sp³-hybridized carbons (Fsp3) is 1.00. The van der Waals surface area contributed by atoms with E-state index in [4.69, 9.17) is 0 Å². The molecule has 0 aromatic carbocycles. The Morgan fingerprint density at radius 2 is 2.25 bits per heavy atom. The summed E-state index contributed by atoms with van der Waals surface area (Å²) in [5, 5.41) is 3.56. The number of likely N-dealkylation sites (tertiary alicyclic amines) is 1. The van der Waals surface area contributed by atoms with Crippen molar-refractivity contribution in [1.29, 1.82) is 0 Å². The fourth-order valence-electron chi connectivity index (χ4n) is 2.12. The molecule has 0 aliphatic carbocycles. The number of hydrogen-bond donors (Lipinski definition) is 1. The van der Waals surface area contributed by atoms with Crippen LogP contribution in [0.4, 0.5) is 0 Å². The topological polar surface area (TPSA) is 15.3 Å². The second kappa shape index (κ2) is 3.75. The van der Waals surface area contributed by atoms with Crippen molar-refractivity contribution >= 4 is 0 Å². The van der Waals surface area contributed by atoms with Gasteiger partial charge in [0, 0.05) is 13.5 Å². The van der Waals surface area contributed by atoms with E-state index in [1.54, 1.807) is 0 Å². The van der Waals surface area contributed by atoms with Gasteiger partial charge in [-0.2, -0.15) is 0 Å². The molecule has 74 valence electrons. The lowest BCUT2D eigenvalue weighted by atomic mass is 9.87. The Labute approximate surface area is 77.8 Å². The summed E-state index contributed by atoms with van der Waals surface area (Å²) in [6, 6.07) is 0. The van der Waals surface area contributed by atoms with E-state index < -0.39 is 0 Å². The minimum absolute atomic E-state index is 0. The van der Waals surface area contributed by atoms with Gasteiger partial charge < -0.3 is 10.2 Å². The maximum Gasteiger partial charge on any atom is 0.0165 e. The number of nitrogens with one attached hydrogen (secondary N) is 1. The summed E-state index contributed by atoms with van der Waals surface area (Å²) < 4.78 is 0. The van der Waals surface area contributed by atoms with Crippen molar-refractivity contribution in [3.8, 4) is 0 Å². The number of hydrogen-bond acceptors (Lipinski definition) is 2. The summed E-state index contributed by atoms with van der Waals surface area (Å²) in [5.41, 5.74) is 0.319. The quantitative estimate of drug-likeness (QED) is 0.695. The first-order valence-corrected chi connectivity index (χ1v) is 5.00. The van der Waals surface area contributed by atoms with Crippen molar-refractivity contribution in [2.75, 3.05) is 26.7 Å². The second-order valence-electron chi connectivity index (χ2n) is 4.50. The lowest BCUT2D eigenvalue weighted by Gasteiger charge is -2.32. The van der Waals surface area contributed by atoms with Crippen molar-refractivity contribution in [2.45, 2.75) is 32.7 Å². The maximum absolute atomic E-state index is 3.56. The van der Waals surface area contributed by atoms with Crippen molar-refractivity contribution in [2.24, 2.45) is 5.92 Å². The molecular weight excluding hydrogens is 148 g/mol. The molecule has 12 heavy (non-hydrogen) atoms. The van der Waals surface area contributed by atoms with Gasteiger partial charge in [-0.25, -0.2) is 0 Å². The largest absolute Gasteiger partial charge is 0.312 e. The Hall–Kier alpha value is -0.0800. The predicted octanol–water partition coefficient (Wildman–Crippen LogP) is 1.57. The first-order valence-electron chi connectivity index (χ1n) is 5.00. The summed E-state index contributed by atoms with van der Waals surface area (Å²) in [6.45, 7) is 10.4. The van der Waals surface area contributed by atoms with E-state index in [1.165, 1.54) is 19.5 Å². The molecule has 2 heteroatoms. The minimum Gasteiger partial charge on any atom is -0.312 e. The van der Waals surface area contributed by atoms with Gasteiger partial charge in [-0.1, -0.05) is 6.92 Å². The standard InChI is InChI=1S/C10H22N2.H2/c1-5-11-10(2,3)9-6-7-12(4)8-9;/h9,11H,5-8H2,1-4H3;1H. The van der Waals surface area contributed by atoms with E-state index in [0.29, 0.717) is 5.54 Å². The van der Waals surface area contributed by atoms with Crippen molar-refractivity contribution in [3.05, 3.63) is 0 Å². The highest BCUT2D eigenvalue weighted by Gasteiger charge is 2.32. The first-order chi connectivity index (χ1) is 5.56. The molecule has 1 fully saturated rings. The Morgan fingerprint density at radius 3 is 2.67 bits per heavy atom. The molecule has 1 saturated heterocycles. The normalized spacial score (nSPS) is 26.5. The van der Waals surface area contributed by atoms with Crippen LogP contribution in [0.25, 0.3) is 0 Å². The first kappa shape index (κ1) is 10.0. The Bertz CT molecular complexity index is 148. The van der Waals surface area contributed by atoms with Crippen LogP contribution < -0.4 is 5.32 Å². The molecular formula is C10H24N2. The summed E-state index contributed by atoms with van der Waals surface area (Å²) in [7, 11) is 2.21. The molecule has 1 aliphatic rings. The zero-order valence-electron chi connectivity index (χ0n) is 8.85. The molecule has 0 radical (unpaired) electrons. The van der Waals surface area contributed by atoms with Crippen molar-refractivity contribution in [3.63, 3.8) is 0 Å². The Balaban J connectivity index is 0.00000144. The lowest BCUT2D eigenvalue weighted by molar-refractivity contribution is 0.255. The van der Waals surface area contributed by atoms with E-state index in [9.17, 15) is 0 Å². The summed E-state index contributed by atoms with van der Waals surface area (Å²) in [6.07, 6.45) is 1.34. The molecule has 0 bridgehead atoms. The molecule has 2 nitrogen and oxygen atoms in total. The third-order valence-electron chi connectivity index (χ3n) is 3.04. The van der Waals surface area contributed by atoms with Gasteiger partial charge in [0.15, 0.2) is 0 Å². The van der Waals surface area contributed by atoms with Crippen LogP contribution in [0.3, 0.4) is 0 Å². The van der Waals surface area contributed by atoms with Crippen molar-refractivity contribution in [1.82, 2.24) is 10.2 Å². The Morgan fingerprint density at radius 1 is 1.58 bits per heavy atom. The van der Waals surface area contributed by atoms with Crippen molar-refractivity contribution < 1.29 is 1.43 Å². The van der Waals surface area contributed by atoms with E-state index in [0.717, 1.165) is 12.5 Å². The smallest absolute Gasteiger partial charge is 0.0165 e. The molecule has 0 aromatic rings. The van der Waals surface area contributed by atoms with Gasteiger partial charge in [0.05, 0.1) is 0 Å². The second-order valence-corrected chi connectivity index (χ2v) is 4.50. The van der Waals surface area contributed by atoms with E-state index in [-0.39, 0.29) is 1.43 Å². The average Bonchev–Trinajstić information content (AvgIpc) is 2.36. The molecule has 1 heterocycles. The van der Waals surface area contributed by atoms with Crippen LogP contribution in [0.2, 0.25) is 0 Å². The molecule has 0 aromatic heterocycles. The summed E-state index contributed by atoms with van der Waals surface area (Å²) in [4.78, 5) is 2.42. The maximum atomic E-state index is 3.56. The minimum atomic E-state index is 0. The van der Waals surface area contributed by atoms with Gasteiger partial charge in [-0.3, -0.25) is 0 Å². The van der Waals surface area contributed by atoms with Gasteiger partial charge in [-0.05, 0) is 46.3 Å². The Kier molecular flexibility index (Phi) is 3.13. The van der Waals surface area contributed by atoms with Crippen LogP contribution in [0.1, 0.15) is 28.6 Å². The summed E-state index contributed by atoms with van der Waals surface area (Å²) >= 11 is 0. The van der Waals surface area contributed by atoms with Gasteiger partial charge in [0.25, 0.3) is 0 Å². The fourth-order valence-corrected chi connectivity index (χ4v) is 2.12. The zero-order valence-corrected chi connectivity index (χ0v) is 8.85. The van der Waals surface area contributed by atoms with E-state index in [2.05, 4.69) is 38.0 Å². The van der Waals surface area contributed by atoms with Crippen LogP contribution in [0.5, 0.6) is 0 Å². The van der Waals surface area contributed by atoms with Gasteiger partial charge in [0.2, 0.25) is 0 Å². The van der Waals surface area contributed by atoms with Gasteiger partial charge in [-0.15, -0.1) is 0 Å². The highest BCUT2D eigenvalue weighted by Crippen LogP contribution is 2.25. The van der Waals surface area contributed by atoms with Gasteiger partial charge >= 0.3 is 0 Å². The van der Waals surface area contributed by atoms with Crippen LogP contribution in [0, 0.1) is 5.92 Å². The SMILES string of the molecule is CCNC(C)(C)C1CCN(C)C1.[HH]. The van der Waals surface area contributed by atoms with E-state index in [1.807, 2.05) is 0 Å². The lowest BCUT2D eigenvalue weighted by Crippen LogP contribution is -2.46. The molecule has 1 atom stereocenters. The molecule has 1 rings (SSSR count). The molecule has 0 spiro atoms. The third kappa shape index (κ3) is 2.20. The molecule has 1 aliphatic heterocycles. The molecule has 0 amide bonds. The van der Waals surface area contributed by atoms with Gasteiger partial charge in [0.1, 0.15) is 0 Å².